The largest absolute Gasteiger partial charge is 0.861 e. The zero-order valence-corrected chi connectivity index (χ0v) is 22.1. The molecule has 0 spiro atoms. The van der Waals surface area contributed by atoms with E-state index in [0.29, 0.717) is 13.1 Å². The summed E-state index contributed by atoms with van der Waals surface area (Å²) in [6.45, 7) is 3.35. The van der Waals surface area contributed by atoms with Crippen LogP contribution in [0.1, 0.15) is 52.4 Å². The second kappa shape index (κ2) is 21.3. The van der Waals surface area contributed by atoms with Gasteiger partial charge in [-0.2, -0.15) is 0 Å². The highest BCUT2D eigenvalue weighted by Crippen LogP contribution is 1.99. The predicted octanol–water partition coefficient (Wildman–Crippen LogP) is -2.29. The molecule has 0 unspecified atom stereocenters. The van der Waals surface area contributed by atoms with E-state index in [4.69, 9.17) is 0 Å². The van der Waals surface area contributed by atoms with Crippen LogP contribution in [0.3, 0.4) is 0 Å². The Morgan fingerprint density at radius 2 is 0.973 bits per heavy atom. The van der Waals surface area contributed by atoms with Crippen LogP contribution in [0.4, 0.5) is 0 Å². The van der Waals surface area contributed by atoms with Gasteiger partial charge in [0.25, 0.3) is 0 Å². The number of aliphatic carboxylic acids is 3. The first-order valence-corrected chi connectivity index (χ1v) is 12.8. The molecule has 0 fully saturated rings. The molecule has 0 aliphatic heterocycles. The van der Waals surface area contributed by atoms with Crippen LogP contribution in [0.15, 0.2) is 9.98 Å². The summed E-state index contributed by atoms with van der Waals surface area (Å²) >= 11 is 0. The van der Waals surface area contributed by atoms with Gasteiger partial charge in [-0.25, -0.2) is 0 Å². The molecule has 0 atom stereocenters. The SMILES string of the molecule is CCCCCN=C([O-])CN(CCN(CCN(CC(=O)O)CC([O-])=NCCCCC)CC(=O)[O-])CC(=O)O. The summed E-state index contributed by atoms with van der Waals surface area (Å²) in [5, 5.41) is 53.9. The molecule has 0 aliphatic rings. The summed E-state index contributed by atoms with van der Waals surface area (Å²) in [7, 11) is 0. The van der Waals surface area contributed by atoms with Crippen LogP contribution in [-0.4, -0.2) is 127 Å². The van der Waals surface area contributed by atoms with Gasteiger partial charge in [-0.05, 0) is 24.6 Å². The van der Waals surface area contributed by atoms with Gasteiger partial charge in [-0.3, -0.25) is 24.3 Å². The Balaban J connectivity index is 5.11. The Bertz CT molecular complexity index is 680. The number of carboxylic acid groups (broad SMARTS) is 3. The third kappa shape index (κ3) is 21.1. The molecule has 0 bridgehead atoms. The molecule has 0 aromatic rings. The van der Waals surface area contributed by atoms with Gasteiger partial charge in [0.05, 0.1) is 19.1 Å². The van der Waals surface area contributed by atoms with Gasteiger partial charge >= 0.3 is 11.9 Å². The molecule has 13 nitrogen and oxygen atoms in total. The lowest BCUT2D eigenvalue weighted by molar-refractivity contribution is -0.306. The molecule has 0 aromatic carbocycles. The molecule has 214 valence electrons. The highest BCUT2D eigenvalue weighted by Gasteiger charge is 2.15. The van der Waals surface area contributed by atoms with Crippen molar-refractivity contribution in [3.8, 4) is 0 Å². The summed E-state index contributed by atoms with van der Waals surface area (Å²) in [4.78, 5) is 45.8. The van der Waals surface area contributed by atoms with E-state index in [9.17, 15) is 39.9 Å². The molecule has 2 N–H and O–H groups in total. The summed E-state index contributed by atoms with van der Waals surface area (Å²) in [6.07, 6.45) is 5.37. The fourth-order valence-electron chi connectivity index (χ4n) is 3.44. The molecular formula is C24H42N5O8-3. The van der Waals surface area contributed by atoms with Gasteiger partial charge < -0.3 is 40.3 Å². The fourth-order valence-corrected chi connectivity index (χ4v) is 3.44. The van der Waals surface area contributed by atoms with Crippen LogP contribution >= 0.6 is 0 Å². The van der Waals surface area contributed by atoms with E-state index in [1.165, 1.54) is 14.7 Å². The third-order valence-electron chi connectivity index (χ3n) is 5.35. The third-order valence-corrected chi connectivity index (χ3v) is 5.35. The zero-order chi connectivity index (χ0) is 28.1. The van der Waals surface area contributed by atoms with Gasteiger partial charge in [-0.15, -0.1) is 0 Å². The maximum atomic E-state index is 12.1. The Morgan fingerprint density at radius 1 is 0.595 bits per heavy atom. The number of aliphatic imine (C=N–C) groups is 2. The van der Waals surface area contributed by atoms with E-state index in [-0.39, 0.29) is 39.3 Å². The Hall–Kier alpha value is -2.77. The van der Waals surface area contributed by atoms with E-state index in [1.807, 2.05) is 13.8 Å². The molecule has 0 aromatic heterocycles. The molecule has 0 saturated heterocycles. The average molecular weight is 529 g/mol. The van der Waals surface area contributed by atoms with Crippen LogP contribution in [0, 0.1) is 0 Å². The van der Waals surface area contributed by atoms with Crippen LogP contribution in [0.25, 0.3) is 0 Å². The van der Waals surface area contributed by atoms with E-state index < -0.39 is 49.3 Å². The van der Waals surface area contributed by atoms with Crippen molar-refractivity contribution in [2.45, 2.75) is 52.4 Å². The molecule has 0 rings (SSSR count). The van der Waals surface area contributed by atoms with Gasteiger partial charge in [0, 0.05) is 58.9 Å². The Morgan fingerprint density at radius 3 is 1.30 bits per heavy atom. The standard InChI is InChI=1S/C24H45N5O8/c1-3-5-7-9-25-20(30)15-28(18-23(34)35)13-11-27(17-22(32)33)12-14-29(19-24(36)37)16-21(31)26-10-8-6-4-2/h3-19H2,1-2H3,(H,25,30)(H,26,31)(H,32,33)(H,34,35)(H,36,37)/p-3. The number of rotatable bonds is 24. The second-order valence-electron chi connectivity index (χ2n) is 8.82. The Kier molecular flexibility index (Phi) is 19.7. The smallest absolute Gasteiger partial charge is 0.317 e. The van der Waals surface area contributed by atoms with Crippen molar-refractivity contribution in [1.29, 1.82) is 0 Å². The van der Waals surface area contributed by atoms with Crippen molar-refractivity contribution in [3.05, 3.63) is 0 Å². The first-order valence-electron chi connectivity index (χ1n) is 12.8. The van der Waals surface area contributed by atoms with Crippen molar-refractivity contribution in [2.75, 3.05) is 72.0 Å². The van der Waals surface area contributed by atoms with E-state index in [0.717, 1.165) is 38.5 Å². The number of carbonyl (C=O) groups is 3. The lowest BCUT2D eigenvalue weighted by Gasteiger charge is -2.30. The van der Waals surface area contributed by atoms with Crippen LogP contribution in [0.5, 0.6) is 0 Å². The highest BCUT2D eigenvalue weighted by molar-refractivity contribution is 5.76. The lowest BCUT2D eigenvalue weighted by Crippen LogP contribution is -2.48. The fraction of sp³-hybridized carbons (Fsp3) is 0.792. The molecule has 0 radical (unpaired) electrons. The van der Waals surface area contributed by atoms with E-state index in [2.05, 4.69) is 9.98 Å². The first kappa shape index (κ1) is 34.2. The molecule has 37 heavy (non-hydrogen) atoms. The number of unbranched alkanes of at least 4 members (excludes halogenated alkanes) is 4. The normalized spacial score (nSPS) is 12.6. The van der Waals surface area contributed by atoms with E-state index >= 15 is 0 Å². The number of carbonyl (C=O) groups excluding carboxylic acids is 1. The number of carboxylic acids is 3. The molecule has 0 aliphatic carbocycles. The quantitative estimate of drug-likeness (QED) is 0.0777. The summed E-state index contributed by atoms with van der Waals surface area (Å²) in [6, 6.07) is 0. The maximum Gasteiger partial charge on any atom is 0.317 e. The first-order chi connectivity index (χ1) is 17.6. The van der Waals surface area contributed by atoms with Crippen molar-refractivity contribution in [2.24, 2.45) is 9.98 Å². The van der Waals surface area contributed by atoms with Crippen molar-refractivity contribution in [1.82, 2.24) is 14.7 Å². The second-order valence-corrected chi connectivity index (χ2v) is 8.82. The van der Waals surface area contributed by atoms with E-state index in [1.54, 1.807) is 0 Å². The summed E-state index contributed by atoms with van der Waals surface area (Å²) in [5.41, 5.74) is 0. The Labute approximate surface area is 219 Å². The van der Waals surface area contributed by atoms with Crippen LogP contribution in [-0.2, 0) is 14.4 Å². The topological polar surface area (TPSA) is 195 Å². The van der Waals surface area contributed by atoms with Gasteiger partial charge in [-0.1, -0.05) is 39.5 Å². The van der Waals surface area contributed by atoms with Crippen molar-refractivity contribution < 1.29 is 39.9 Å². The molecule has 0 saturated carbocycles. The molecule has 0 amide bonds. The molecular weight excluding hydrogens is 486 g/mol. The number of nitrogens with zero attached hydrogens (tertiary/aromatic N) is 5. The number of hydrogen-bond acceptors (Lipinski definition) is 11. The van der Waals surface area contributed by atoms with Crippen LogP contribution < -0.4 is 15.3 Å². The average Bonchev–Trinajstić information content (AvgIpc) is 2.80. The lowest BCUT2D eigenvalue weighted by atomic mass is 10.2. The molecule has 0 heterocycles. The van der Waals surface area contributed by atoms with Gasteiger partial charge in [0.2, 0.25) is 0 Å². The zero-order valence-electron chi connectivity index (χ0n) is 22.1. The highest BCUT2D eigenvalue weighted by atomic mass is 16.4. The minimum Gasteiger partial charge on any atom is -0.861 e. The van der Waals surface area contributed by atoms with Crippen molar-refractivity contribution >= 4 is 29.7 Å². The van der Waals surface area contributed by atoms with Gasteiger partial charge in [0.15, 0.2) is 0 Å². The van der Waals surface area contributed by atoms with Gasteiger partial charge in [0.1, 0.15) is 0 Å². The summed E-state index contributed by atoms with van der Waals surface area (Å²) < 4.78 is 0. The minimum atomic E-state index is -1.36. The predicted molar refractivity (Wildman–Crippen MR) is 133 cm³/mol. The van der Waals surface area contributed by atoms with Crippen LogP contribution in [0.2, 0.25) is 0 Å². The summed E-state index contributed by atoms with van der Waals surface area (Å²) in [5.74, 6) is -4.54. The molecule has 13 heteroatoms. The monoisotopic (exact) mass is 528 g/mol. The van der Waals surface area contributed by atoms with Crippen molar-refractivity contribution in [3.63, 3.8) is 0 Å². The number of hydrogen-bond donors (Lipinski definition) is 2. The minimum absolute atomic E-state index is 0.0699. The maximum absolute atomic E-state index is 12.1.